The van der Waals surface area contributed by atoms with Crippen LogP contribution in [0, 0.1) is 11.7 Å². The third-order valence-corrected chi connectivity index (χ3v) is 6.23. The molecule has 0 bridgehead atoms. The zero-order valence-corrected chi connectivity index (χ0v) is 17.3. The number of hydrogen-bond acceptors (Lipinski definition) is 6. The van der Waals surface area contributed by atoms with Gasteiger partial charge in [0.25, 0.3) is 5.56 Å². The molecule has 1 fully saturated rings. The van der Waals surface area contributed by atoms with Crippen molar-refractivity contribution in [3.05, 3.63) is 51.2 Å². The van der Waals surface area contributed by atoms with E-state index in [0.717, 1.165) is 10.8 Å². The highest BCUT2D eigenvalue weighted by Gasteiger charge is 2.27. The highest BCUT2D eigenvalue weighted by Crippen LogP contribution is 2.28. The number of nitrogens with one attached hydrogen (secondary N) is 1. The van der Waals surface area contributed by atoms with E-state index in [1.54, 1.807) is 0 Å². The van der Waals surface area contributed by atoms with E-state index >= 15 is 0 Å². The number of rotatable bonds is 4. The van der Waals surface area contributed by atoms with Crippen molar-refractivity contribution in [3.8, 4) is 0 Å². The minimum atomic E-state index is -0.520. The molecule has 0 spiro atoms. The number of piperidine rings is 1. The topological polar surface area (TPSA) is 79.6 Å². The molecule has 7 nitrogen and oxygen atoms in total. The number of aromatic nitrogens is 3. The van der Waals surface area contributed by atoms with Gasteiger partial charge in [0, 0.05) is 36.5 Å². The van der Waals surface area contributed by atoms with Crippen LogP contribution in [0.1, 0.15) is 25.5 Å². The van der Waals surface area contributed by atoms with Crippen LogP contribution in [-0.2, 0) is 11.2 Å². The molecule has 0 unspecified atom stereocenters. The number of hydrogen-bond donors (Lipinski definition) is 1. The summed E-state index contributed by atoms with van der Waals surface area (Å²) in [5.41, 5.74) is 1.05. The minimum Gasteiger partial charge on any atom is -0.347 e. The molecule has 0 radical (unpaired) electrons. The molecule has 1 aliphatic heterocycles. The molecule has 0 saturated carbocycles. The van der Waals surface area contributed by atoms with Crippen LogP contribution < -0.4 is 15.8 Å². The predicted molar refractivity (Wildman–Crippen MR) is 111 cm³/mol. The van der Waals surface area contributed by atoms with E-state index in [0.29, 0.717) is 43.0 Å². The van der Waals surface area contributed by atoms with Gasteiger partial charge in [0.1, 0.15) is 5.82 Å². The number of benzene rings is 1. The molecular formula is C19H19ClFN5O2S. The quantitative estimate of drug-likeness (QED) is 0.679. The van der Waals surface area contributed by atoms with Crippen molar-refractivity contribution in [2.75, 3.05) is 23.3 Å². The summed E-state index contributed by atoms with van der Waals surface area (Å²) < 4.78 is 14.6. The summed E-state index contributed by atoms with van der Waals surface area (Å²) in [5, 5.41) is 7.91. The third-order valence-electron chi connectivity index (χ3n) is 4.97. The van der Waals surface area contributed by atoms with Crippen LogP contribution >= 0.6 is 22.9 Å². The number of fused-ring (bicyclic) bond motifs is 1. The first kappa shape index (κ1) is 19.8. The van der Waals surface area contributed by atoms with Gasteiger partial charge in [-0.05, 0) is 37.5 Å². The first-order valence-corrected chi connectivity index (χ1v) is 10.5. The number of anilines is 2. The van der Waals surface area contributed by atoms with Gasteiger partial charge in [-0.25, -0.2) is 9.37 Å². The van der Waals surface area contributed by atoms with Gasteiger partial charge in [-0.3, -0.25) is 9.59 Å². The summed E-state index contributed by atoms with van der Waals surface area (Å²) in [6.07, 6.45) is 2.00. The van der Waals surface area contributed by atoms with Crippen molar-refractivity contribution < 1.29 is 9.18 Å². The van der Waals surface area contributed by atoms with Gasteiger partial charge in [-0.2, -0.15) is 4.52 Å². The van der Waals surface area contributed by atoms with Crippen molar-refractivity contribution in [1.29, 1.82) is 0 Å². The van der Waals surface area contributed by atoms with E-state index in [2.05, 4.69) is 20.3 Å². The van der Waals surface area contributed by atoms with E-state index in [4.69, 9.17) is 11.6 Å². The van der Waals surface area contributed by atoms with E-state index in [-0.39, 0.29) is 22.4 Å². The first-order chi connectivity index (χ1) is 13.9. The van der Waals surface area contributed by atoms with Crippen LogP contribution in [0.3, 0.4) is 0 Å². The Labute approximate surface area is 175 Å². The molecule has 1 aliphatic rings. The number of amides is 1. The Kier molecular flexibility index (Phi) is 5.51. The van der Waals surface area contributed by atoms with E-state index < -0.39 is 5.82 Å². The molecule has 152 valence electrons. The summed E-state index contributed by atoms with van der Waals surface area (Å²) in [5.74, 6) is -0.785. The molecule has 3 aromatic rings. The van der Waals surface area contributed by atoms with Crippen molar-refractivity contribution in [3.63, 3.8) is 0 Å². The second-order valence-electron chi connectivity index (χ2n) is 6.90. The smallest absolute Gasteiger partial charge is 0.275 e. The lowest BCUT2D eigenvalue weighted by Crippen LogP contribution is -2.38. The Hall–Kier alpha value is -2.52. The van der Waals surface area contributed by atoms with Crippen molar-refractivity contribution in [1.82, 2.24) is 14.6 Å². The Morgan fingerprint density at radius 3 is 2.79 bits per heavy atom. The van der Waals surface area contributed by atoms with Gasteiger partial charge in [0.15, 0.2) is 0 Å². The zero-order chi connectivity index (χ0) is 20.5. The van der Waals surface area contributed by atoms with Crippen molar-refractivity contribution >= 4 is 44.6 Å². The van der Waals surface area contributed by atoms with Crippen molar-refractivity contribution in [2.45, 2.75) is 26.2 Å². The zero-order valence-electron chi connectivity index (χ0n) is 15.7. The Morgan fingerprint density at radius 2 is 2.10 bits per heavy atom. The maximum absolute atomic E-state index is 13.3. The lowest BCUT2D eigenvalue weighted by Gasteiger charge is -2.30. The SMILES string of the molecule is CCc1cc(=O)n2nc(N3CCC(C(=O)Nc4ccc(F)c(Cl)c4)CC3)sc2n1. The van der Waals surface area contributed by atoms with Gasteiger partial charge in [0.05, 0.1) is 5.02 Å². The molecule has 10 heteroatoms. The van der Waals surface area contributed by atoms with Crippen LogP contribution in [0.4, 0.5) is 15.2 Å². The Balaban J connectivity index is 1.42. The summed E-state index contributed by atoms with van der Waals surface area (Å²) in [4.78, 5) is 31.8. The highest BCUT2D eigenvalue weighted by molar-refractivity contribution is 7.20. The fourth-order valence-corrected chi connectivity index (χ4v) is 4.46. The summed E-state index contributed by atoms with van der Waals surface area (Å²) >= 11 is 7.14. The largest absolute Gasteiger partial charge is 0.347 e. The fourth-order valence-electron chi connectivity index (χ4n) is 3.31. The van der Waals surface area contributed by atoms with Gasteiger partial charge >= 0.3 is 0 Å². The molecule has 1 N–H and O–H groups in total. The average Bonchev–Trinajstić information content (AvgIpc) is 3.15. The lowest BCUT2D eigenvalue weighted by atomic mass is 9.96. The van der Waals surface area contributed by atoms with Crippen LogP contribution in [0.15, 0.2) is 29.1 Å². The normalized spacial score (nSPS) is 15.1. The van der Waals surface area contributed by atoms with Crippen LogP contribution in [0.5, 0.6) is 0 Å². The molecule has 1 amide bonds. The van der Waals surface area contributed by atoms with Gasteiger partial charge < -0.3 is 10.2 Å². The van der Waals surface area contributed by atoms with E-state index in [1.165, 1.54) is 40.1 Å². The maximum atomic E-state index is 13.3. The Morgan fingerprint density at radius 1 is 1.34 bits per heavy atom. The number of aryl methyl sites for hydroxylation is 1. The average molecular weight is 436 g/mol. The summed E-state index contributed by atoms with van der Waals surface area (Å²) in [7, 11) is 0. The predicted octanol–water partition coefficient (Wildman–Crippen LogP) is 3.36. The molecule has 29 heavy (non-hydrogen) atoms. The highest BCUT2D eigenvalue weighted by atomic mass is 35.5. The van der Waals surface area contributed by atoms with E-state index in [1.807, 2.05) is 6.92 Å². The number of carbonyl (C=O) groups is 1. The van der Waals surface area contributed by atoms with Crippen LogP contribution in [-0.4, -0.2) is 33.6 Å². The summed E-state index contributed by atoms with van der Waals surface area (Å²) in [6.45, 7) is 3.25. The Bertz CT molecular complexity index is 1120. The van der Waals surface area contributed by atoms with Crippen LogP contribution in [0.2, 0.25) is 5.02 Å². The van der Waals surface area contributed by atoms with Gasteiger partial charge in [0.2, 0.25) is 16.0 Å². The molecular weight excluding hydrogens is 417 g/mol. The monoisotopic (exact) mass is 435 g/mol. The van der Waals surface area contributed by atoms with Crippen LogP contribution in [0.25, 0.3) is 4.96 Å². The standard InChI is InChI=1S/C19H19ClFN5O2S/c1-2-12-10-16(27)26-18(23-12)29-19(24-26)25-7-5-11(6-8-25)17(28)22-13-3-4-15(21)14(20)9-13/h3-4,9-11H,2,5-8H2,1H3,(H,22,28). The molecule has 0 aliphatic carbocycles. The molecule has 2 aromatic heterocycles. The number of carbonyl (C=O) groups excluding carboxylic acids is 1. The van der Waals surface area contributed by atoms with Gasteiger partial charge in [-0.1, -0.05) is 29.9 Å². The van der Waals surface area contributed by atoms with E-state index in [9.17, 15) is 14.0 Å². The number of nitrogens with zero attached hydrogens (tertiary/aromatic N) is 4. The lowest BCUT2D eigenvalue weighted by molar-refractivity contribution is -0.120. The molecule has 1 aromatic carbocycles. The summed E-state index contributed by atoms with van der Waals surface area (Å²) in [6, 6.07) is 5.63. The second kappa shape index (κ2) is 8.08. The van der Waals surface area contributed by atoms with Gasteiger partial charge in [-0.15, -0.1) is 5.10 Å². The fraction of sp³-hybridized carbons (Fsp3) is 0.368. The molecule has 0 atom stereocenters. The molecule has 1 saturated heterocycles. The van der Waals surface area contributed by atoms with Crippen molar-refractivity contribution in [2.24, 2.45) is 5.92 Å². The minimum absolute atomic E-state index is 0.0245. The third kappa shape index (κ3) is 4.11. The molecule has 3 heterocycles. The maximum Gasteiger partial charge on any atom is 0.275 e. The number of halogens is 2. The second-order valence-corrected chi connectivity index (χ2v) is 8.24. The molecule has 4 rings (SSSR count). The first-order valence-electron chi connectivity index (χ1n) is 9.35.